The fourth-order valence-corrected chi connectivity index (χ4v) is 2.57. The highest BCUT2D eigenvalue weighted by molar-refractivity contribution is 5.96. The Labute approximate surface area is 121 Å². The van der Waals surface area contributed by atoms with Gasteiger partial charge < -0.3 is 16.0 Å². The second kappa shape index (κ2) is 5.73. The normalized spacial score (nSPS) is 17.9. The van der Waals surface area contributed by atoms with E-state index in [0.29, 0.717) is 17.5 Å². The van der Waals surface area contributed by atoms with Gasteiger partial charge in [-0.15, -0.1) is 0 Å². The molecular formula is C16H25N3O. The molecule has 4 nitrogen and oxygen atoms in total. The monoisotopic (exact) mass is 275 g/mol. The molecule has 1 amide bonds. The number of nitrogen functional groups attached to an aromatic ring is 1. The highest BCUT2D eigenvalue weighted by Crippen LogP contribution is 2.34. The third kappa shape index (κ3) is 3.24. The SMILES string of the molecule is CCNC(=O)c1ccc(N)c(N2CCC(C)(C)CC2)c1. The van der Waals surface area contributed by atoms with E-state index in [1.807, 2.05) is 19.1 Å². The van der Waals surface area contributed by atoms with E-state index in [0.717, 1.165) is 37.3 Å². The summed E-state index contributed by atoms with van der Waals surface area (Å²) >= 11 is 0. The number of hydrogen-bond acceptors (Lipinski definition) is 3. The first kappa shape index (κ1) is 14.7. The molecule has 110 valence electrons. The van der Waals surface area contributed by atoms with Gasteiger partial charge >= 0.3 is 0 Å². The summed E-state index contributed by atoms with van der Waals surface area (Å²) in [5.41, 5.74) is 8.91. The number of rotatable bonds is 3. The molecule has 1 aromatic rings. The highest BCUT2D eigenvalue weighted by Gasteiger charge is 2.26. The van der Waals surface area contributed by atoms with Crippen LogP contribution in [0.1, 0.15) is 44.0 Å². The predicted molar refractivity (Wildman–Crippen MR) is 84.1 cm³/mol. The minimum absolute atomic E-state index is 0.0360. The fourth-order valence-electron chi connectivity index (χ4n) is 2.57. The van der Waals surface area contributed by atoms with Gasteiger partial charge in [0.25, 0.3) is 5.91 Å². The van der Waals surface area contributed by atoms with Gasteiger partial charge in [-0.2, -0.15) is 0 Å². The zero-order valence-corrected chi connectivity index (χ0v) is 12.7. The first-order chi connectivity index (χ1) is 9.43. The summed E-state index contributed by atoms with van der Waals surface area (Å²) in [6.45, 7) is 9.16. The van der Waals surface area contributed by atoms with E-state index in [2.05, 4.69) is 24.1 Å². The smallest absolute Gasteiger partial charge is 0.251 e. The fraction of sp³-hybridized carbons (Fsp3) is 0.562. The topological polar surface area (TPSA) is 58.4 Å². The van der Waals surface area contributed by atoms with Crippen molar-refractivity contribution < 1.29 is 4.79 Å². The largest absolute Gasteiger partial charge is 0.397 e. The summed E-state index contributed by atoms with van der Waals surface area (Å²) < 4.78 is 0. The zero-order chi connectivity index (χ0) is 14.8. The maximum Gasteiger partial charge on any atom is 0.251 e. The van der Waals surface area contributed by atoms with Gasteiger partial charge in [-0.05, 0) is 43.4 Å². The molecule has 1 aliphatic rings. The summed E-state index contributed by atoms with van der Waals surface area (Å²) in [5, 5.41) is 2.83. The van der Waals surface area contributed by atoms with Crippen LogP contribution >= 0.6 is 0 Å². The summed E-state index contributed by atoms with van der Waals surface area (Å²) in [6, 6.07) is 5.54. The summed E-state index contributed by atoms with van der Waals surface area (Å²) in [5.74, 6) is -0.0360. The van der Waals surface area contributed by atoms with Gasteiger partial charge in [-0.1, -0.05) is 13.8 Å². The number of nitrogens with two attached hydrogens (primary N) is 1. The minimum Gasteiger partial charge on any atom is -0.397 e. The predicted octanol–water partition coefficient (Wildman–Crippen LogP) is 2.64. The Morgan fingerprint density at radius 1 is 1.35 bits per heavy atom. The lowest BCUT2D eigenvalue weighted by molar-refractivity contribution is 0.0956. The van der Waals surface area contributed by atoms with Gasteiger partial charge in [0.05, 0.1) is 11.4 Å². The lowest BCUT2D eigenvalue weighted by Gasteiger charge is -2.38. The molecule has 0 spiro atoms. The van der Waals surface area contributed by atoms with Crippen molar-refractivity contribution in [3.63, 3.8) is 0 Å². The Morgan fingerprint density at radius 3 is 2.60 bits per heavy atom. The number of piperidine rings is 1. The average Bonchev–Trinajstić information content (AvgIpc) is 2.40. The molecule has 0 radical (unpaired) electrons. The van der Waals surface area contributed by atoms with Crippen LogP contribution in [-0.4, -0.2) is 25.5 Å². The van der Waals surface area contributed by atoms with E-state index >= 15 is 0 Å². The molecular weight excluding hydrogens is 250 g/mol. The van der Waals surface area contributed by atoms with Crippen molar-refractivity contribution in [2.75, 3.05) is 30.3 Å². The van der Waals surface area contributed by atoms with E-state index in [1.54, 1.807) is 6.07 Å². The average molecular weight is 275 g/mol. The maximum absolute atomic E-state index is 11.9. The van der Waals surface area contributed by atoms with Crippen LogP contribution in [0.15, 0.2) is 18.2 Å². The molecule has 1 saturated heterocycles. The summed E-state index contributed by atoms with van der Waals surface area (Å²) in [7, 11) is 0. The van der Waals surface area contributed by atoms with Gasteiger partial charge in [0.1, 0.15) is 0 Å². The first-order valence-electron chi connectivity index (χ1n) is 7.35. The van der Waals surface area contributed by atoms with Crippen LogP contribution in [-0.2, 0) is 0 Å². The van der Waals surface area contributed by atoms with Gasteiger partial charge in [-0.3, -0.25) is 4.79 Å². The molecule has 0 atom stereocenters. The van der Waals surface area contributed by atoms with Crippen LogP contribution in [0, 0.1) is 5.41 Å². The Balaban J connectivity index is 2.19. The van der Waals surface area contributed by atoms with E-state index < -0.39 is 0 Å². The molecule has 20 heavy (non-hydrogen) atoms. The maximum atomic E-state index is 11.9. The molecule has 0 bridgehead atoms. The van der Waals surface area contributed by atoms with Crippen molar-refractivity contribution in [3.8, 4) is 0 Å². The quantitative estimate of drug-likeness (QED) is 0.834. The number of hydrogen-bond donors (Lipinski definition) is 2. The number of nitrogens with one attached hydrogen (secondary N) is 1. The number of carbonyl (C=O) groups is 1. The Hall–Kier alpha value is -1.71. The molecule has 1 aliphatic heterocycles. The van der Waals surface area contributed by atoms with Crippen LogP contribution in [0.2, 0.25) is 0 Å². The van der Waals surface area contributed by atoms with Gasteiger partial charge in [-0.25, -0.2) is 0 Å². The zero-order valence-electron chi connectivity index (χ0n) is 12.7. The standard InChI is InChI=1S/C16H25N3O/c1-4-18-15(20)12-5-6-13(17)14(11-12)19-9-7-16(2,3)8-10-19/h5-6,11H,4,7-10,17H2,1-3H3,(H,18,20). The Morgan fingerprint density at radius 2 is 2.00 bits per heavy atom. The van der Waals surface area contributed by atoms with Crippen molar-refractivity contribution >= 4 is 17.3 Å². The van der Waals surface area contributed by atoms with Gasteiger partial charge in [0, 0.05) is 25.2 Å². The van der Waals surface area contributed by atoms with Crippen LogP contribution in [0.5, 0.6) is 0 Å². The van der Waals surface area contributed by atoms with Crippen LogP contribution in [0.3, 0.4) is 0 Å². The van der Waals surface area contributed by atoms with Crippen molar-refractivity contribution in [3.05, 3.63) is 23.8 Å². The number of carbonyl (C=O) groups excluding carboxylic acids is 1. The third-order valence-electron chi connectivity index (χ3n) is 4.09. The minimum atomic E-state index is -0.0360. The summed E-state index contributed by atoms with van der Waals surface area (Å²) in [6.07, 6.45) is 2.30. The second-order valence-corrected chi connectivity index (χ2v) is 6.28. The number of amides is 1. The van der Waals surface area contributed by atoms with Crippen molar-refractivity contribution in [2.45, 2.75) is 33.6 Å². The lowest BCUT2D eigenvalue weighted by atomic mass is 9.82. The van der Waals surface area contributed by atoms with E-state index in [9.17, 15) is 4.79 Å². The van der Waals surface area contributed by atoms with Crippen molar-refractivity contribution in [2.24, 2.45) is 5.41 Å². The molecule has 2 rings (SSSR count). The first-order valence-corrected chi connectivity index (χ1v) is 7.35. The van der Waals surface area contributed by atoms with Gasteiger partial charge in [0.2, 0.25) is 0 Å². The van der Waals surface area contributed by atoms with Crippen molar-refractivity contribution in [1.82, 2.24) is 5.32 Å². The van der Waals surface area contributed by atoms with Crippen LogP contribution < -0.4 is 16.0 Å². The Kier molecular flexibility index (Phi) is 4.21. The number of benzene rings is 1. The summed E-state index contributed by atoms with van der Waals surface area (Å²) in [4.78, 5) is 14.2. The van der Waals surface area contributed by atoms with E-state index in [1.165, 1.54) is 0 Å². The lowest BCUT2D eigenvalue weighted by Crippen LogP contribution is -2.37. The van der Waals surface area contributed by atoms with E-state index in [4.69, 9.17) is 5.73 Å². The number of anilines is 2. The second-order valence-electron chi connectivity index (χ2n) is 6.28. The van der Waals surface area contributed by atoms with Crippen LogP contribution in [0.4, 0.5) is 11.4 Å². The molecule has 0 aliphatic carbocycles. The molecule has 4 heteroatoms. The van der Waals surface area contributed by atoms with Crippen molar-refractivity contribution in [1.29, 1.82) is 0 Å². The van der Waals surface area contributed by atoms with E-state index in [-0.39, 0.29) is 5.91 Å². The molecule has 3 N–H and O–H groups in total. The Bertz CT molecular complexity index is 486. The molecule has 1 fully saturated rings. The van der Waals surface area contributed by atoms with Gasteiger partial charge in [0.15, 0.2) is 0 Å². The molecule has 0 aromatic heterocycles. The molecule has 1 aromatic carbocycles. The molecule has 1 heterocycles. The molecule has 0 saturated carbocycles. The number of nitrogens with zero attached hydrogens (tertiary/aromatic N) is 1. The highest BCUT2D eigenvalue weighted by atomic mass is 16.1. The van der Waals surface area contributed by atoms with Crippen LogP contribution in [0.25, 0.3) is 0 Å². The third-order valence-corrected chi connectivity index (χ3v) is 4.09. The molecule has 0 unspecified atom stereocenters.